The number of hydrogen-bond donors (Lipinski definition) is 4. The lowest BCUT2D eigenvalue weighted by Crippen LogP contribution is -2.22. The highest BCUT2D eigenvalue weighted by Crippen LogP contribution is 2.42. The Hall–Kier alpha value is -2.89. The van der Waals surface area contributed by atoms with E-state index in [1.54, 1.807) is 6.07 Å². The average molecular weight is 273 g/mol. The molecule has 20 heavy (non-hydrogen) atoms. The van der Waals surface area contributed by atoms with Crippen LogP contribution in [0.15, 0.2) is 30.3 Å². The number of ether oxygens (including phenoxy) is 1. The minimum Gasteiger partial charge on any atom is -0.508 e. The third-order valence-corrected chi connectivity index (χ3v) is 3.00. The minimum absolute atomic E-state index is 0.00859. The van der Waals surface area contributed by atoms with E-state index in [-0.39, 0.29) is 23.9 Å². The molecule has 1 aliphatic heterocycles. The van der Waals surface area contributed by atoms with Gasteiger partial charge in [-0.1, -0.05) is 0 Å². The number of nitrogens with one attached hydrogen (secondary N) is 1. The Morgan fingerprint density at radius 1 is 1.00 bits per heavy atom. The molecule has 2 aromatic carbocycles. The lowest BCUT2D eigenvalue weighted by atomic mass is 10.0. The molecule has 3 rings (SSSR count). The zero-order valence-electron chi connectivity index (χ0n) is 10.3. The molecular formula is C14H11NO5. The summed E-state index contributed by atoms with van der Waals surface area (Å²) in [5.41, 5.74) is 1.44. The first-order valence-corrected chi connectivity index (χ1v) is 5.86. The van der Waals surface area contributed by atoms with Gasteiger partial charge in [-0.05, 0) is 18.2 Å². The summed E-state index contributed by atoms with van der Waals surface area (Å²) >= 11 is 0. The van der Waals surface area contributed by atoms with Crippen molar-refractivity contribution in [3.05, 3.63) is 30.3 Å². The average Bonchev–Trinajstić information content (AvgIpc) is 2.39. The van der Waals surface area contributed by atoms with Crippen LogP contribution in [0.5, 0.6) is 23.0 Å². The van der Waals surface area contributed by atoms with Crippen LogP contribution in [0.2, 0.25) is 0 Å². The number of rotatable bonds is 0. The standard InChI is InChI=1S/C14H11NO5/c16-7-1-2-8-9-4-11(17)12(18)5-10(9)15-14(19)6-20-13(8)3-7/h1-5,16-18H,6H2,(H,15,19). The van der Waals surface area contributed by atoms with E-state index in [2.05, 4.69) is 5.32 Å². The van der Waals surface area contributed by atoms with E-state index in [1.807, 2.05) is 0 Å². The van der Waals surface area contributed by atoms with Gasteiger partial charge in [0.25, 0.3) is 5.91 Å². The van der Waals surface area contributed by atoms with Gasteiger partial charge in [-0.15, -0.1) is 0 Å². The van der Waals surface area contributed by atoms with Crippen molar-refractivity contribution < 1.29 is 24.9 Å². The van der Waals surface area contributed by atoms with Gasteiger partial charge >= 0.3 is 0 Å². The third-order valence-electron chi connectivity index (χ3n) is 3.00. The summed E-state index contributed by atoms with van der Waals surface area (Å²) in [7, 11) is 0. The predicted molar refractivity (Wildman–Crippen MR) is 71.0 cm³/mol. The van der Waals surface area contributed by atoms with Crippen molar-refractivity contribution >= 4 is 11.6 Å². The summed E-state index contributed by atoms with van der Waals surface area (Å²) in [4.78, 5) is 11.6. The summed E-state index contributed by atoms with van der Waals surface area (Å²) in [5.74, 6) is -0.700. The summed E-state index contributed by atoms with van der Waals surface area (Å²) in [6.07, 6.45) is 0. The molecule has 0 unspecified atom stereocenters. The quantitative estimate of drug-likeness (QED) is 0.433. The SMILES string of the molecule is O=C1COc2cc(O)ccc2-c2cc(O)c(O)cc2N1. The molecule has 0 atom stereocenters. The molecular weight excluding hydrogens is 262 g/mol. The van der Waals surface area contributed by atoms with Gasteiger partial charge < -0.3 is 25.4 Å². The molecule has 0 saturated heterocycles. The second kappa shape index (κ2) is 4.34. The van der Waals surface area contributed by atoms with Gasteiger partial charge in [0.05, 0.1) is 5.69 Å². The molecule has 1 aliphatic rings. The summed E-state index contributed by atoms with van der Waals surface area (Å²) < 4.78 is 5.33. The Balaban J connectivity index is 2.28. The van der Waals surface area contributed by atoms with Crippen LogP contribution in [-0.2, 0) is 4.79 Å². The second-order valence-corrected chi connectivity index (χ2v) is 4.40. The summed E-state index contributed by atoms with van der Waals surface area (Å²) in [6.45, 7) is -0.211. The van der Waals surface area contributed by atoms with Crippen molar-refractivity contribution in [1.82, 2.24) is 0 Å². The Bertz CT molecular complexity index is 711. The van der Waals surface area contributed by atoms with Crippen molar-refractivity contribution in [3.63, 3.8) is 0 Å². The maximum atomic E-state index is 11.6. The van der Waals surface area contributed by atoms with E-state index in [0.717, 1.165) is 0 Å². The van der Waals surface area contributed by atoms with Crippen LogP contribution in [0.3, 0.4) is 0 Å². The number of phenolic OH excluding ortho intramolecular Hbond substituents is 3. The number of fused-ring (bicyclic) bond motifs is 3. The number of anilines is 1. The highest BCUT2D eigenvalue weighted by molar-refractivity contribution is 5.99. The molecule has 6 nitrogen and oxygen atoms in total. The fourth-order valence-corrected chi connectivity index (χ4v) is 2.09. The molecule has 0 fully saturated rings. The zero-order valence-corrected chi connectivity index (χ0v) is 10.3. The molecule has 0 aromatic heterocycles. The molecule has 6 heteroatoms. The van der Waals surface area contributed by atoms with E-state index in [4.69, 9.17) is 4.74 Å². The normalized spacial score (nSPS) is 13.3. The van der Waals surface area contributed by atoms with E-state index >= 15 is 0 Å². The summed E-state index contributed by atoms with van der Waals surface area (Å²) in [6, 6.07) is 7.07. The van der Waals surface area contributed by atoms with Crippen LogP contribution in [-0.4, -0.2) is 27.8 Å². The smallest absolute Gasteiger partial charge is 0.262 e. The van der Waals surface area contributed by atoms with Gasteiger partial charge in [0.2, 0.25) is 0 Å². The number of amides is 1. The van der Waals surface area contributed by atoms with Crippen LogP contribution in [0.25, 0.3) is 11.1 Å². The molecule has 2 aromatic rings. The van der Waals surface area contributed by atoms with Crippen molar-refractivity contribution in [3.8, 4) is 34.1 Å². The summed E-state index contributed by atoms with van der Waals surface area (Å²) in [5, 5.41) is 31.3. The van der Waals surface area contributed by atoms with Gasteiger partial charge in [0.1, 0.15) is 11.5 Å². The number of carbonyl (C=O) groups excluding carboxylic acids is 1. The number of phenols is 3. The molecule has 1 heterocycles. The molecule has 0 radical (unpaired) electrons. The molecule has 0 bridgehead atoms. The fraction of sp³-hybridized carbons (Fsp3) is 0.0714. The minimum atomic E-state index is -0.398. The maximum Gasteiger partial charge on any atom is 0.262 e. The van der Waals surface area contributed by atoms with Crippen molar-refractivity contribution in [1.29, 1.82) is 0 Å². The third kappa shape index (κ3) is 1.97. The van der Waals surface area contributed by atoms with Crippen molar-refractivity contribution in [2.24, 2.45) is 0 Å². The van der Waals surface area contributed by atoms with Gasteiger partial charge in [0.15, 0.2) is 18.1 Å². The van der Waals surface area contributed by atoms with E-state index < -0.39 is 5.91 Å². The van der Waals surface area contributed by atoms with Crippen LogP contribution in [0, 0.1) is 0 Å². The van der Waals surface area contributed by atoms with Crippen LogP contribution >= 0.6 is 0 Å². The Morgan fingerprint density at radius 2 is 1.75 bits per heavy atom. The Morgan fingerprint density at radius 3 is 2.55 bits per heavy atom. The largest absolute Gasteiger partial charge is 0.508 e. The second-order valence-electron chi connectivity index (χ2n) is 4.40. The molecule has 0 saturated carbocycles. The molecule has 1 amide bonds. The topological polar surface area (TPSA) is 99.0 Å². The molecule has 102 valence electrons. The lowest BCUT2D eigenvalue weighted by Gasteiger charge is -2.19. The van der Waals surface area contributed by atoms with Crippen LogP contribution < -0.4 is 10.1 Å². The van der Waals surface area contributed by atoms with Crippen LogP contribution in [0.1, 0.15) is 0 Å². The van der Waals surface area contributed by atoms with Crippen molar-refractivity contribution in [2.45, 2.75) is 0 Å². The number of benzene rings is 2. The maximum absolute atomic E-state index is 11.6. The number of hydrogen-bond acceptors (Lipinski definition) is 5. The Labute approximate surface area is 113 Å². The van der Waals surface area contributed by atoms with E-state index in [1.165, 1.54) is 24.3 Å². The first kappa shape index (κ1) is 12.2. The highest BCUT2D eigenvalue weighted by Gasteiger charge is 2.20. The Kier molecular flexibility index (Phi) is 2.64. The van der Waals surface area contributed by atoms with E-state index in [9.17, 15) is 20.1 Å². The first-order chi connectivity index (χ1) is 9.54. The molecule has 0 spiro atoms. The van der Waals surface area contributed by atoms with Crippen molar-refractivity contribution in [2.75, 3.05) is 11.9 Å². The number of carbonyl (C=O) groups is 1. The lowest BCUT2D eigenvalue weighted by molar-refractivity contribution is -0.118. The monoisotopic (exact) mass is 273 g/mol. The van der Waals surface area contributed by atoms with E-state index in [0.29, 0.717) is 22.6 Å². The zero-order chi connectivity index (χ0) is 14.3. The highest BCUT2D eigenvalue weighted by atomic mass is 16.5. The van der Waals surface area contributed by atoms with Gasteiger partial charge in [0, 0.05) is 23.3 Å². The first-order valence-electron chi connectivity index (χ1n) is 5.86. The number of aromatic hydroxyl groups is 3. The van der Waals surface area contributed by atoms with Crippen LogP contribution in [0.4, 0.5) is 5.69 Å². The molecule has 4 N–H and O–H groups in total. The fourth-order valence-electron chi connectivity index (χ4n) is 2.09. The molecule has 0 aliphatic carbocycles. The predicted octanol–water partition coefficient (Wildman–Crippen LogP) is 1.80. The van der Waals surface area contributed by atoms with Gasteiger partial charge in [-0.2, -0.15) is 0 Å². The van der Waals surface area contributed by atoms with Gasteiger partial charge in [-0.25, -0.2) is 0 Å². The van der Waals surface area contributed by atoms with Gasteiger partial charge in [-0.3, -0.25) is 4.79 Å².